The van der Waals surface area contributed by atoms with Gasteiger partial charge in [0, 0.05) is 30.4 Å². The molecule has 0 atom stereocenters. The smallest absolute Gasteiger partial charge is 0.417 e. The van der Waals surface area contributed by atoms with E-state index in [9.17, 15) is 13.2 Å². The molecule has 4 aromatic rings. The van der Waals surface area contributed by atoms with Crippen LogP contribution in [-0.2, 0) is 6.18 Å². The zero-order valence-corrected chi connectivity index (χ0v) is 19.0. The molecule has 0 aliphatic carbocycles. The van der Waals surface area contributed by atoms with Gasteiger partial charge in [-0.2, -0.15) is 33.4 Å². The normalized spacial score (nSPS) is 13.9. The van der Waals surface area contributed by atoms with Gasteiger partial charge < -0.3 is 15.0 Å². The average molecular weight is 491 g/mol. The van der Waals surface area contributed by atoms with Crippen molar-refractivity contribution < 1.29 is 17.9 Å². The zero-order chi connectivity index (χ0) is 25.1. The lowest BCUT2D eigenvalue weighted by atomic mass is 10.1. The molecule has 0 radical (unpaired) electrons. The number of hydrogen-bond acceptors (Lipinski definition) is 8. The van der Waals surface area contributed by atoms with Gasteiger partial charge in [0.15, 0.2) is 5.75 Å². The first-order valence-electron chi connectivity index (χ1n) is 11.3. The molecule has 36 heavy (non-hydrogen) atoms. The van der Waals surface area contributed by atoms with Crippen LogP contribution in [0.3, 0.4) is 0 Å². The van der Waals surface area contributed by atoms with Crippen LogP contribution >= 0.6 is 0 Å². The van der Waals surface area contributed by atoms with Gasteiger partial charge in [-0.15, -0.1) is 0 Å². The minimum Gasteiger partial charge on any atom is -0.422 e. The number of halogens is 3. The molecule has 3 heterocycles. The lowest BCUT2D eigenvalue weighted by molar-refractivity contribution is -0.137. The molecule has 0 amide bonds. The number of para-hydroxylation sites is 1. The number of anilines is 3. The zero-order valence-electron chi connectivity index (χ0n) is 19.0. The van der Waals surface area contributed by atoms with E-state index in [0.29, 0.717) is 17.2 Å². The molecule has 2 aromatic heterocycles. The highest BCUT2D eigenvalue weighted by molar-refractivity contribution is 5.84. The highest BCUT2D eigenvalue weighted by atomic mass is 19.4. The largest absolute Gasteiger partial charge is 0.422 e. The number of nitrogens with zero attached hydrogens (tertiary/aromatic N) is 6. The minimum absolute atomic E-state index is 0.0177. The molecule has 0 bridgehead atoms. The molecule has 0 spiro atoms. The summed E-state index contributed by atoms with van der Waals surface area (Å²) in [5.74, 6) is 0.819. The molecule has 1 fully saturated rings. The van der Waals surface area contributed by atoms with Crippen molar-refractivity contribution >= 4 is 28.5 Å². The van der Waals surface area contributed by atoms with Crippen LogP contribution in [0.5, 0.6) is 11.8 Å². The molecule has 5 rings (SSSR count). The predicted octanol–water partition coefficient (Wildman–Crippen LogP) is 5.84. The van der Waals surface area contributed by atoms with Gasteiger partial charge in [-0.05, 0) is 49.6 Å². The van der Waals surface area contributed by atoms with Crippen molar-refractivity contribution in [3.05, 3.63) is 65.9 Å². The molecule has 1 aliphatic heterocycles. The summed E-state index contributed by atoms with van der Waals surface area (Å²) in [5, 5.41) is 12.8. The van der Waals surface area contributed by atoms with Crippen molar-refractivity contribution in [2.45, 2.75) is 25.4 Å². The Kier molecular flexibility index (Phi) is 6.25. The van der Waals surface area contributed by atoms with Gasteiger partial charge in [-0.3, -0.25) is 4.98 Å². The number of fused-ring (bicyclic) bond motifs is 1. The van der Waals surface area contributed by atoms with E-state index in [0.717, 1.165) is 49.9 Å². The van der Waals surface area contributed by atoms with Gasteiger partial charge in [0.25, 0.3) is 0 Å². The summed E-state index contributed by atoms with van der Waals surface area (Å²) in [5.41, 5.74) is -0.810. The van der Waals surface area contributed by atoms with Crippen LogP contribution in [0.2, 0.25) is 0 Å². The number of hydrogen-bond donors (Lipinski definition) is 1. The SMILES string of the molecule is N#Cc1ccc(Nc2nc(Oc3cccc4cccnc34)nc(N3CCCCC3)n2)cc1C(F)(F)F. The topological polar surface area (TPSA) is 99.8 Å². The average Bonchev–Trinajstić information content (AvgIpc) is 2.89. The second-order valence-electron chi connectivity index (χ2n) is 8.22. The first-order valence-corrected chi connectivity index (χ1v) is 11.3. The van der Waals surface area contributed by atoms with E-state index in [1.807, 2.05) is 29.2 Å². The van der Waals surface area contributed by atoms with Gasteiger partial charge in [0.2, 0.25) is 11.9 Å². The van der Waals surface area contributed by atoms with Gasteiger partial charge in [-0.1, -0.05) is 18.2 Å². The van der Waals surface area contributed by atoms with E-state index in [4.69, 9.17) is 10.00 Å². The number of ether oxygens (including phenoxy) is 1. The molecule has 11 heteroatoms. The fourth-order valence-electron chi connectivity index (χ4n) is 4.02. The second kappa shape index (κ2) is 9.65. The van der Waals surface area contributed by atoms with Crippen molar-refractivity contribution in [3.8, 4) is 17.8 Å². The molecule has 2 aromatic carbocycles. The lowest BCUT2D eigenvalue weighted by Gasteiger charge is -2.26. The standard InChI is InChI=1S/C25H20F3N7O/c26-25(27,28)19-14-18(10-9-17(19)15-29)31-22-32-23(35-12-2-1-3-13-35)34-24(33-22)36-20-8-4-6-16-7-5-11-30-21(16)20/h4-11,14H,1-3,12-13H2,(H,31,32,33,34). The maximum atomic E-state index is 13.4. The number of piperidine rings is 1. The number of nitriles is 1. The quantitative estimate of drug-likeness (QED) is 0.372. The van der Waals surface area contributed by atoms with E-state index in [1.54, 1.807) is 18.3 Å². The predicted molar refractivity (Wildman–Crippen MR) is 127 cm³/mol. The van der Waals surface area contributed by atoms with Gasteiger partial charge in [0.1, 0.15) is 5.52 Å². The third kappa shape index (κ3) is 4.98. The third-order valence-corrected chi connectivity index (χ3v) is 5.74. The highest BCUT2D eigenvalue weighted by Crippen LogP contribution is 2.34. The van der Waals surface area contributed by atoms with Crippen LogP contribution in [0.15, 0.2) is 54.7 Å². The Morgan fingerprint density at radius 3 is 2.56 bits per heavy atom. The molecular formula is C25H20F3N7O. The van der Waals surface area contributed by atoms with Crippen LogP contribution in [-0.4, -0.2) is 33.0 Å². The number of aromatic nitrogens is 4. The number of alkyl halides is 3. The number of nitrogens with one attached hydrogen (secondary N) is 1. The van der Waals surface area contributed by atoms with Crippen molar-refractivity contribution in [2.75, 3.05) is 23.3 Å². The number of benzene rings is 2. The van der Waals surface area contributed by atoms with E-state index in [-0.39, 0.29) is 17.6 Å². The highest BCUT2D eigenvalue weighted by Gasteiger charge is 2.34. The van der Waals surface area contributed by atoms with Crippen LogP contribution in [0.4, 0.5) is 30.8 Å². The minimum atomic E-state index is -4.68. The Morgan fingerprint density at radius 2 is 1.78 bits per heavy atom. The number of pyridine rings is 1. The first-order chi connectivity index (χ1) is 17.4. The monoisotopic (exact) mass is 491 g/mol. The van der Waals surface area contributed by atoms with E-state index >= 15 is 0 Å². The van der Waals surface area contributed by atoms with Gasteiger partial charge >= 0.3 is 12.2 Å². The lowest BCUT2D eigenvalue weighted by Crippen LogP contribution is -2.31. The maximum absolute atomic E-state index is 13.4. The van der Waals surface area contributed by atoms with Crippen molar-refractivity contribution in [2.24, 2.45) is 0 Å². The molecule has 182 valence electrons. The van der Waals surface area contributed by atoms with Crippen LogP contribution < -0.4 is 15.0 Å². The maximum Gasteiger partial charge on any atom is 0.417 e. The molecule has 1 saturated heterocycles. The van der Waals surface area contributed by atoms with Crippen molar-refractivity contribution in [1.82, 2.24) is 19.9 Å². The second-order valence-corrected chi connectivity index (χ2v) is 8.22. The van der Waals surface area contributed by atoms with E-state index < -0.39 is 17.3 Å². The number of rotatable bonds is 5. The summed E-state index contributed by atoms with van der Waals surface area (Å²) in [6.45, 7) is 1.49. The fraction of sp³-hybridized carbons (Fsp3) is 0.240. The summed E-state index contributed by atoms with van der Waals surface area (Å²) < 4.78 is 46.3. The van der Waals surface area contributed by atoms with E-state index in [2.05, 4.69) is 25.3 Å². The van der Waals surface area contributed by atoms with Crippen molar-refractivity contribution in [1.29, 1.82) is 5.26 Å². The summed E-state index contributed by atoms with van der Waals surface area (Å²) in [4.78, 5) is 19.6. The van der Waals surface area contributed by atoms with E-state index in [1.165, 1.54) is 6.07 Å². The molecule has 0 unspecified atom stereocenters. The Morgan fingerprint density at radius 1 is 0.972 bits per heavy atom. The van der Waals surface area contributed by atoms with Crippen LogP contribution in [0.25, 0.3) is 10.9 Å². The third-order valence-electron chi connectivity index (χ3n) is 5.74. The fourth-order valence-corrected chi connectivity index (χ4v) is 4.02. The summed E-state index contributed by atoms with van der Waals surface area (Å²) in [6, 6.07) is 14.1. The summed E-state index contributed by atoms with van der Waals surface area (Å²) >= 11 is 0. The Bertz CT molecular complexity index is 1440. The molecule has 8 nitrogen and oxygen atoms in total. The molecule has 1 N–H and O–H groups in total. The van der Waals surface area contributed by atoms with Crippen molar-refractivity contribution in [3.63, 3.8) is 0 Å². The molecule has 1 aliphatic rings. The van der Waals surface area contributed by atoms with Gasteiger partial charge in [-0.25, -0.2) is 0 Å². The first kappa shape index (κ1) is 23.3. The molecule has 0 saturated carbocycles. The van der Waals surface area contributed by atoms with Crippen LogP contribution in [0.1, 0.15) is 30.4 Å². The summed E-state index contributed by atoms with van der Waals surface area (Å²) in [7, 11) is 0. The van der Waals surface area contributed by atoms with Gasteiger partial charge in [0.05, 0.1) is 17.2 Å². The summed E-state index contributed by atoms with van der Waals surface area (Å²) in [6.07, 6.45) is 0.0163. The van der Waals surface area contributed by atoms with Crippen LogP contribution in [0, 0.1) is 11.3 Å². The molecular weight excluding hydrogens is 471 g/mol. The Hall–Kier alpha value is -4.46. The Balaban J connectivity index is 1.52. The Labute approximate surface area is 204 Å².